The number of ether oxygens (including phenoxy) is 3. The number of rotatable bonds is 7. The number of anilines is 1. The van der Waals surface area contributed by atoms with Gasteiger partial charge in [0.15, 0.2) is 11.6 Å². The Morgan fingerprint density at radius 3 is 2.32 bits per heavy atom. The summed E-state index contributed by atoms with van der Waals surface area (Å²) in [5, 5.41) is 0. The predicted octanol–water partition coefficient (Wildman–Crippen LogP) is 6.65. The Kier molecular flexibility index (Phi) is 8.80. The Morgan fingerprint density at radius 1 is 0.951 bits per heavy atom. The van der Waals surface area contributed by atoms with E-state index in [0.717, 1.165) is 42.0 Å². The molecule has 41 heavy (non-hydrogen) atoms. The molecular weight excluding hydrogens is 525 g/mol. The molecule has 3 aromatic carbocycles. The average molecular weight is 562 g/mol. The minimum Gasteiger partial charge on any atom is -0.497 e. The van der Waals surface area contributed by atoms with E-state index in [-0.39, 0.29) is 29.1 Å². The van der Waals surface area contributed by atoms with Crippen LogP contribution < -0.4 is 19.1 Å². The molecule has 1 aliphatic rings. The van der Waals surface area contributed by atoms with Crippen molar-refractivity contribution in [1.82, 2.24) is 0 Å². The summed E-state index contributed by atoms with van der Waals surface area (Å²) in [7, 11) is 1.57. The van der Waals surface area contributed by atoms with Gasteiger partial charge in [0, 0.05) is 25.1 Å². The van der Waals surface area contributed by atoms with Crippen molar-refractivity contribution >= 4 is 23.5 Å². The maximum atomic E-state index is 14.6. The third-order valence-electron chi connectivity index (χ3n) is 7.19. The second-order valence-electron chi connectivity index (χ2n) is 11.2. The van der Waals surface area contributed by atoms with Crippen LogP contribution in [0.1, 0.15) is 74.0 Å². The van der Waals surface area contributed by atoms with Gasteiger partial charge in [0.2, 0.25) is 0 Å². The van der Waals surface area contributed by atoms with E-state index in [1.165, 1.54) is 19.1 Å². The number of halogens is 1. The monoisotopic (exact) mass is 561 g/mol. The third kappa shape index (κ3) is 6.76. The fraction of sp³-hybridized carbons (Fsp3) is 0.364. The summed E-state index contributed by atoms with van der Waals surface area (Å²) in [6, 6.07) is 15.3. The number of hydrogen-bond donors (Lipinski definition) is 0. The van der Waals surface area contributed by atoms with E-state index in [2.05, 4.69) is 0 Å². The van der Waals surface area contributed by atoms with Gasteiger partial charge in [0.05, 0.1) is 18.2 Å². The van der Waals surface area contributed by atoms with Gasteiger partial charge in [-0.15, -0.1) is 0 Å². The molecule has 7 nitrogen and oxygen atoms in total. The van der Waals surface area contributed by atoms with E-state index in [1.54, 1.807) is 12.0 Å². The summed E-state index contributed by atoms with van der Waals surface area (Å²) in [5.41, 5.74) is 3.54. The van der Waals surface area contributed by atoms with Crippen molar-refractivity contribution in [3.05, 3.63) is 82.7 Å². The largest absolute Gasteiger partial charge is 0.497 e. The number of nitrogens with zero attached hydrogens (tertiary/aromatic N) is 1. The fourth-order valence-electron chi connectivity index (χ4n) is 5.00. The molecule has 0 saturated carbocycles. The van der Waals surface area contributed by atoms with Crippen LogP contribution in [-0.4, -0.2) is 31.5 Å². The van der Waals surface area contributed by atoms with Crippen LogP contribution in [0, 0.1) is 11.2 Å². The van der Waals surface area contributed by atoms with Crippen LogP contribution in [0.5, 0.6) is 17.2 Å². The molecule has 0 radical (unpaired) electrons. The first-order chi connectivity index (χ1) is 19.4. The molecule has 0 saturated heterocycles. The number of methoxy groups -OCH3 is 1. The lowest BCUT2D eigenvalue weighted by molar-refractivity contribution is -0.143. The molecule has 1 atom stereocenters. The highest BCUT2D eigenvalue weighted by molar-refractivity contribution is 6.06. The van der Waals surface area contributed by atoms with E-state index >= 15 is 0 Å². The van der Waals surface area contributed by atoms with Gasteiger partial charge in [-0.3, -0.25) is 14.4 Å². The van der Waals surface area contributed by atoms with Crippen molar-refractivity contribution in [1.29, 1.82) is 0 Å². The van der Waals surface area contributed by atoms with Crippen molar-refractivity contribution in [3.63, 3.8) is 0 Å². The summed E-state index contributed by atoms with van der Waals surface area (Å²) in [5.74, 6) is -1.04. The molecule has 0 aromatic heterocycles. The highest BCUT2D eigenvalue weighted by Gasteiger charge is 2.28. The third-order valence-corrected chi connectivity index (χ3v) is 7.19. The second-order valence-corrected chi connectivity index (χ2v) is 11.2. The molecule has 1 aliphatic carbocycles. The fourth-order valence-corrected chi connectivity index (χ4v) is 5.00. The summed E-state index contributed by atoms with van der Waals surface area (Å²) in [4.78, 5) is 38.9. The van der Waals surface area contributed by atoms with Crippen LogP contribution >= 0.6 is 0 Å². The average Bonchev–Trinajstić information content (AvgIpc) is 2.93. The lowest BCUT2D eigenvalue weighted by Crippen LogP contribution is -2.32. The van der Waals surface area contributed by atoms with Crippen LogP contribution in [0.15, 0.2) is 54.6 Å². The van der Waals surface area contributed by atoms with Crippen LogP contribution in [0.2, 0.25) is 0 Å². The van der Waals surface area contributed by atoms with Gasteiger partial charge >= 0.3 is 11.9 Å². The zero-order valence-electron chi connectivity index (χ0n) is 24.4. The van der Waals surface area contributed by atoms with Gasteiger partial charge in [0.25, 0.3) is 5.91 Å². The van der Waals surface area contributed by atoms with Crippen LogP contribution in [-0.2, 0) is 22.4 Å². The zero-order chi connectivity index (χ0) is 29.9. The Morgan fingerprint density at radius 2 is 1.68 bits per heavy atom. The molecular formula is C33H36FNO6. The molecule has 0 N–H and O–H groups in total. The molecule has 4 rings (SSSR count). The van der Waals surface area contributed by atoms with Gasteiger partial charge in [-0.1, -0.05) is 12.1 Å². The Hall–Kier alpha value is -4.20. The van der Waals surface area contributed by atoms with Crippen LogP contribution in [0.25, 0.3) is 0 Å². The number of hydrogen-bond acceptors (Lipinski definition) is 6. The highest BCUT2D eigenvalue weighted by atomic mass is 19.1. The molecule has 216 valence electrons. The number of carbonyl (C=O) groups is 3. The molecule has 0 bridgehead atoms. The van der Waals surface area contributed by atoms with Crippen LogP contribution in [0.3, 0.4) is 0 Å². The van der Waals surface area contributed by atoms with Crippen molar-refractivity contribution in [2.45, 2.75) is 59.8 Å². The number of carbonyl (C=O) groups excluding carboxylic acids is 3. The van der Waals surface area contributed by atoms with E-state index in [1.807, 2.05) is 64.1 Å². The van der Waals surface area contributed by atoms with Gasteiger partial charge < -0.3 is 19.1 Å². The maximum absolute atomic E-state index is 14.6. The van der Waals surface area contributed by atoms with Crippen molar-refractivity contribution in [2.24, 2.45) is 5.41 Å². The topological polar surface area (TPSA) is 82.1 Å². The first-order valence-electron chi connectivity index (χ1n) is 13.7. The minimum absolute atomic E-state index is 0.122. The number of aryl methyl sites for hydroxylation is 1. The molecule has 1 unspecified atom stereocenters. The van der Waals surface area contributed by atoms with Gasteiger partial charge in [-0.05, 0) is 106 Å². The normalized spacial score (nSPS) is 14.6. The quantitative estimate of drug-likeness (QED) is 0.237. The predicted molar refractivity (Wildman–Crippen MR) is 154 cm³/mol. The molecule has 3 aromatic rings. The summed E-state index contributed by atoms with van der Waals surface area (Å²) in [6.45, 7) is 8.86. The smallest absolute Gasteiger partial charge is 0.316 e. The number of benzene rings is 3. The van der Waals surface area contributed by atoms with Gasteiger partial charge in [0.1, 0.15) is 11.5 Å². The van der Waals surface area contributed by atoms with Crippen molar-refractivity contribution in [3.8, 4) is 17.2 Å². The van der Waals surface area contributed by atoms with Crippen molar-refractivity contribution in [2.75, 3.05) is 18.6 Å². The summed E-state index contributed by atoms with van der Waals surface area (Å²) in [6.07, 6.45) is 2.37. The summed E-state index contributed by atoms with van der Waals surface area (Å²) >= 11 is 0. The van der Waals surface area contributed by atoms with Gasteiger partial charge in [-0.2, -0.15) is 0 Å². The van der Waals surface area contributed by atoms with E-state index in [4.69, 9.17) is 14.2 Å². The summed E-state index contributed by atoms with van der Waals surface area (Å²) < 4.78 is 30.6. The zero-order valence-corrected chi connectivity index (χ0v) is 24.4. The lowest BCUT2D eigenvalue weighted by atomic mass is 9.79. The highest BCUT2D eigenvalue weighted by Crippen LogP contribution is 2.40. The number of amides is 1. The Bertz CT molecular complexity index is 1480. The molecule has 0 aliphatic heterocycles. The number of esters is 2. The first kappa shape index (κ1) is 29.8. The van der Waals surface area contributed by atoms with E-state index in [0.29, 0.717) is 23.7 Å². The number of fused-ring (bicyclic) bond motifs is 1. The lowest BCUT2D eigenvalue weighted by Gasteiger charge is -2.31. The van der Waals surface area contributed by atoms with Crippen LogP contribution in [0.4, 0.5) is 10.1 Å². The second kappa shape index (κ2) is 12.1. The standard InChI is InChI=1S/C33H36FNO6/c1-7-35(31(37)24-11-15-30(28(34)18-24)40-20(2)36)29-19-25(39-6)13-14-27(29)23-9-8-22-17-26(12-10-21(22)16-23)41-32(38)33(3,4)5/h10-15,17-19,23H,7-9,16H2,1-6H3. The minimum atomic E-state index is -0.788. The van der Waals surface area contributed by atoms with E-state index < -0.39 is 17.2 Å². The maximum Gasteiger partial charge on any atom is 0.316 e. The Balaban J connectivity index is 1.63. The molecule has 1 amide bonds. The molecule has 0 fully saturated rings. The molecule has 0 heterocycles. The first-order valence-corrected chi connectivity index (χ1v) is 13.7. The van der Waals surface area contributed by atoms with Crippen molar-refractivity contribution < 1.29 is 33.0 Å². The Labute approximate surface area is 240 Å². The molecule has 0 spiro atoms. The van der Waals surface area contributed by atoms with E-state index in [9.17, 15) is 18.8 Å². The van der Waals surface area contributed by atoms with Gasteiger partial charge in [-0.25, -0.2) is 4.39 Å². The SMILES string of the molecule is CCN(C(=O)c1ccc(OC(C)=O)c(F)c1)c1cc(OC)ccc1C1CCc2cc(OC(=O)C(C)(C)C)ccc2C1. The molecule has 8 heteroatoms.